The van der Waals surface area contributed by atoms with E-state index < -0.39 is 30.3 Å². The minimum Gasteiger partial charge on any atom is -0.435 e. The van der Waals surface area contributed by atoms with Crippen LogP contribution in [0.1, 0.15) is 26.3 Å². The molecule has 1 heterocycles. The molecule has 0 aromatic heterocycles. The van der Waals surface area contributed by atoms with Crippen LogP contribution in [0.5, 0.6) is 0 Å². The molecule has 2 rings (SSSR count). The zero-order valence-corrected chi connectivity index (χ0v) is 15.0. The highest BCUT2D eigenvalue weighted by Crippen LogP contribution is 2.31. The van der Waals surface area contributed by atoms with Crippen LogP contribution in [0.3, 0.4) is 0 Å². The Labute approximate surface area is 148 Å². The smallest absolute Gasteiger partial charge is 0.435 e. The predicted octanol–water partition coefficient (Wildman–Crippen LogP) is 3.45. The van der Waals surface area contributed by atoms with Crippen molar-refractivity contribution < 1.29 is 28.5 Å². The minimum absolute atomic E-state index is 0.236. The van der Waals surface area contributed by atoms with E-state index in [2.05, 4.69) is 6.58 Å². The van der Waals surface area contributed by atoms with Crippen molar-refractivity contribution in [3.05, 3.63) is 48.6 Å². The summed E-state index contributed by atoms with van der Waals surface area (Å²) in [5, 5.41) is 0. The molecule has 0 N–H and O–H groups in total. The SMILES string of the molecule is C=CC(OC(=O)OCC)[C@@H]1OC(C)(C)O[C@H]1COCc1ccccc1. The number of carbonyl (C=O) groups is 1. The Bertz CT molecular complexity index is 556. The first-order chi connectivity index (χ1) is 11.9. The van der Waals surface area contributed by atoms with Crippen molar-refractivity contribution in [2.24, 2.45) is 0 Å². The highest BCUT2D eigenvalue weighted by molar-refractivity contribution is 5.60. The van der Waals surface area contributed by atoms with E-state index in [0.29, 0.717) is 13.2 Å². The summed E-state index contributed by atoms with van der Waals surface area (Å²) in [5.74, 6) is -0.801. The molecule has 138 valence electrons. The van der Waals surface area contributed by atoms with Gasteiger partial charge in [-0.2, -0.15) is 0 Å². The van der Waals surface area contributed by atoms with Crippen LogP contribution in [-0.4, -0.2) is 43.5 Å². The van der Waals surface area contributed by atoms with Crippen LogP contribution >= 0.6 is 0 Å². The number of hydrogen-bond acceptors (Lipinski definition) is 6. The second kappa shape index (κ2) is 8.99. The lowest BCUT2D eigenvalue weighted by Gasteiger charge is -2.23. The summed E-state index contributed by atoms with van der Waals surface area (Å²) in [6, 6.07) is 9.85. The molecule has 1 aliphatic rings. The van der Waals surface area contributed by atoms with Crippen LogP contribution in [-0.2, 0) is 30.3 Å². The van der Waals surface area contributed by atoms with E-state index in [-0.39, 0.29) is 6.61 Å². The van der Waals surface area contributed by atoms with Crippen LogP contribution in [0.4, 0.5) is 4.79 Å². The molecular formula is C19H26O6. The molecule has 0 spiro atoms. The number of hydrogen-bond donors (Lipinski definition) is 0. The third-order valence-corrected chi connectivity index (χ3v) is 3.67. The fourth-order valence-electron chi connectivity index (χ4n) is 2.65. The van der Waals surface area contributed by atoms with Crippen LogP contribution in [0.2, 0.25) is 0 Å². The van der Waals surface area contributed by atoms with Gasteiger partial charge in [0.05, 0.1) is 19.8 Å². The second-order valence-corrected chi connectivity index (χ2v) is 6.14. The molecule has 0 aliphatic carbocycles. The van der Waals surface area contributed by atoms with Gasteiger partial charge in [-0.05, 0) is 32.4 Å². The summed E-state index contributed by atoms with van der Waals surface area (Å²) in [7, 11) is 0. The monoisotopic (exact) mass is 350 g/mol. The van der Waals surface area contributed by atoms with Gasteiger partial charge in [0, 0.05) is 0 Å². The van der Waals surface area contributed by atoms with E-state index in [1.807, 2.05) is 44.2 Å². The standard InChI is InChI=1S/C19H26O6/c1-5-15(23-18(20)22-6-2)17-16(24-19(3,4)25-17)13-21-12-14-10-8-7-9-11-14/h5,7-11,15-17H,1,6,12-13H2,2-4H3/t15?,16-,17-/m0/s1. The average Bonchev–Trinajstić information content (AvgIpc) is 2.88. The van der Waals surface area contributed by atoms with Crippen molar-refractivity contribution in [3.63, 3.8) is 0 Å². The van der Waals surface area contributed by atoms with Gasteiger partial charge in [0.2, 0.25) is 0 Å². The number of rotatable bonds is 8. The zero-order valence-electron chi connectivity index (χ0n) is 15.0. The predicted molar refractivity (Wildman–Crippen MR) is 92.0 cm³/mol. The second-order valence-electron chi connectivity index (χ2n) is 6.14. The molecule has 6 nitrogen and oxygen atoms in total. The Morgan fingerprint density at radius 2 is 2.04 bits per heavy atom. The van der Waals surface area contributed by atoms with Crippen molar-refractivity contribution in [1.82, 2.24) is 0 Å². The molecule has 25 heavy (non-hydrogen) atoms. The lowest BCUT2D eigenvalue weighted by Crippen LogP contribution is -2.39. The summed E-state index contributed by atoms with van der Waals surface area (Å²) in [6.45, 7) is 10.0. The van der Waals surface area contributed by atoms with Gasteiger partial charge in [-0.3, -0.25) is 0 Å². The average molecular weight is 350 g/mol. The molecular weight excluding hydrogens is 324 g/mol. The van der Waals surface area contributed by atoms with E-state index in [1.165, 1.54) is 6.08 Å². The first-order valence-electron chi connectivity index (χ1n) is 8.38. The highest BCUT2D eigenvalue weighted by atomic mass is 16.8. The highest BCUT2D eigenvalue weighted by Gasteiger charge is 2.46. The summed E-state index contributed by atoms with van der Waals surface area (Å²) >= 11 is 0. The Balaban J connectivity index is 1.96. The molecule has 1 saturated heterocycles. The van der Waals surface area contributed by atoms with E-state index in [1.54, 1.807) is 6.92 Å². The van der Waals surface area contributed by atoms with E-state index in [4.69, 9.17) is 23.7 Å². The topological polar surface area (TPSA) is 63.2 Å². The van der Waals surface area contributed by atoms with Crippen molar-refractivity contribution in [3.8, 4) is 0 Å². The number of ether oxygens (including phenoxy) is 5. The fourth-order valence-corrected chi connectivity index (χ4v) is 2.65. The minimum atomic E-state index is -0.801. The lowest BCUT2D eigenvalue weighted by atomic mass is 10.1. The Kier molecular flexibility index (Phi) is 6.99. The number of benzene rings is 1. The van der Waals surface area contributed by atoms with Gasteiger partial charge in [-0.15, -0.1) is 0 Å². The van der Waals surface area contributed by atoms with Gasteiger partial charge < -0.3 is 23.7 Å². The molecule has 0 amide bonds. The van der Waals surface area contributed by atoms with Gasteiger partial charge in [0.1, 0.15) is 12.2 Å². The number of carbonyl (C=O) groups excluding carboxylic acids is 1. The quantitative estimate of drug-likeness (QED) is 0.528. The molecule has 1 unspecified atom stereocenters. The normalized spacial score (nSPS) is 23.0. The molecule has 0 bridgehead atoms. The first-order valence-corrected chi connectivity index (χ1v) is 8.38. The molecule has 1 aromatic carbocycles. The van der Waals surface area contributed by atoms with Gasteiger partial charge >= 0.3 is 6.16 Å². The maximum absolute atomic E-state index is 11.6. The summed E-state index contributed by atoms with van der Waals surface area (Å²) in [5.41, 5.74) is 1.07. The molecule has 1 fully saturated rings. The molecule has 1 aromatic rings. The van der Waals surface area contributed by atoms with Gasteiger partial charge in [0.15, 0.2) is 11.9 Å². The van der Waals surface area contributed by atoms with E-state index >= 15 is 0 Å². The molecule has 6 heteroatoms. The maximum atomic E-state index is 11.6. The van der Waals surface area contributed by atoms with Crippen molar-refractivity contribution in [1.29, 1.82) is 0 Å². The molecule has 3 atom stereocenters. The summed E-state index contributed by atoms with van der Waals surface area (Å²) in [4.78, 5) is 11.6. The Morgan fingerprint density at radius 3 is 2.68 bits per heavy atom. The first kappa shape index (κ1) is 19.4. The molecule has 0 saturated carbocycles. The zero-order chi connectivity index (χ0) is 18.3. The summed E-state index contributed by atoms with van der Waals surface area (Å²) < 4.78 is 27.6. The maximum Gasteiger partial charge on any atom is 0.508 e. The van der Waals surface area contributed by atoms with Crippen LogP contribution < -0.4 is 0 Å². The van der Waals surface area contributed by atoms with E-state index in [9.17, 15) is 4.79 Å². The van der Waals surface area contributed by atoms with Crippen molar-refractivity contribution in [2.75, 3.05) is 13.2 Å². The van der Waals surface area contributed by atoms with E-state index in [0.717, 1.165) is 5.56 Å². The third kappa shape index (κ3) is 5.85. The van der Waals surface area contributed by atoms with Crippen LogP contribution in [0.15, 0.2) is 43.0 Å². The molecule has 1 aliphatic heterocycles. The van der Waals surface area contributed by atoms with Crippen molar-refractivity contribution in [2.45, 2.75) is 51.5 Å². The fraction of sp³-hybridized carbons (Fsp3) is 0.526. The van der Waals surface area contributed by atoms with Crippen LogP contribution in [0.25, 0.3) is 0 Å². The lowest BCUT2D eigenvalue weighted by molar-refractivity contribution is -0.157. The Hall–Kier alpha value is -1.89. The largest absolute Gasteiger partial charge is 0.508 e. The van der Waals surface area contributed by atoms with Gasteiger partial charge in [-0.25, -0.2) is 4.79 Å². The van der Waals surface area contributed by atoms with Crippen LogP contribution in [0, 0.1) is 0 Å². The third-order valence-electron chi connectivity index (χ3n) is 3.67. The van der Waals surface area contributed by atoms with Gasteiger partial charge in [-0.1, -0.05) is 36.9 Å². The van der Waals surface area contributed by atoms with Crippen molar-refractivity contribution >= 4 is 6.16 Å². The Morgan fingerprint density at radius 1 is 1.32 bits per heavy atom. The van der Waals surface area contributed by atoms with Gasteiger partial charge in [0.25, 0.3) is 0 Å². The summed E-state index contributed by atoms with van der Waals surface area (Å²) in [6.07, 6.45) is -0.851. The molecule has 0 radical (unpaired) electrons.